The second-order valence-electron chi connectivity index (χ2n) is 12.0. The summed E-state index contributed by atoms with van der Waals surface area (Å²) in [5, 5.41) is 13.8. The van der Waals surface area contributed by atoms with E-state index in [0.717, 1.165) is 60.3 Å². The van der Waals surface area contributed by atoms with Crippen molar-refractivity contribution >= 4 is 22.6 Å². The molecule has 5 rings (SSSR count). The van der Waals surface area contributed by atoms with Crippen molar-refractivity contribution in [2.75, 3.05) is 0 Å². The zero-order chi connectivity index (χ0) is 30.0. The third-order valence-electron chi connectivity index (χ3n) is 7.83. The van der Waals surface area contributed by atoms with Gasteiger partial charge in [-0.15, -0.1) is 0 Å². The van der Waals surface area contributed by atoms with Crippen molar-refractivity contribution in [1.29, 1.82) is 0 Å². The Balaban J connectivity index is 1.46. The van der Waals surface area contributed by atoms with E-state index in [-0.39, 0.29) is 16.7 Å². The zero-order valence-electron chi connectivity index (χ0n) is 23.9. The third-order valence-corrected chi connectivity index (χ3v) is 7.83. The van der Waals surface area contributed by atoms with Crippen LogP contribution in [0.3, 0.4) is 0 Å². The molecule has 1 unspecified atom stereocenters. The number of halogens is 2. The Morgan fingerprint density at radius 1 is 0.952 bits per heavy atom. The lowest BCUT2D eigenvalue weighted by Crippen LogP contribution is -2.34. The van der Waals surface area contributed by atoms with Crippen LogP contribution >= 0.6 is 0 Å². The van der Waals surface area contributed by atoms with Gasteiger partial charge in [-0.2, -0.15) is 0 Å². The van der Waals surface area contributed by atoms with Crippen LogP contribution in [0.25, 0.3) is 10.8 Å². The van der Waals surface area contributed by atoms with Crippen LogP contribution in [0.15, 0.2) is 66.7 Å². The van der Waals surface area contributed by atoms with Crippen molar-refractivity contribution in [3.63, 3.8) is 0 Å². The maximum Gasteiger partial charge on any atom is 0.330 e. The lowest BCUT2D eigenvalue weighted by atomic mass is 9.87. The van der Waals surface area contributed by atoms with Crippen molar-refractivity contribution < 1.29 is 28.2 Å². The summed E-state index contributed by atoms with van der Waals surface area (Å²) < 4.78 is 33.4. The number of hydrogen-bond donors (Lipinski definition) is 2. The summed E-state index contributed by atoms with van der Waals surface area (Å²) in [6.07, 6.45) is 5.12. The smallest absolute Gasteiger partial charge is 0.330 e. The minimum absolute atomic E-state index is 0.0337. The molecule has 1 fully saturated rings. The van der Waals surface area contributed by atoms with Gasteiger partial charge >= 0.3 is 5.97 Å². The van der Waals surface area contributed by atoms with Crippen LogP contribution in [0.5, 0.6) is 11.5 Å². The number of nitrogens with one attached hydrogen (secondary N) is 1. The Labute approximate surface area is 243 Å². The van der Waals surface area contributed by atoms with E-state index in [2.05, 4.69) is 38.2 Å². The van der Waals surface area contributed by atoms with E-state index >= 15 is 0 Å². The maximum absolute atomic E-state index is 13.8. The fourth-order valence-corrected chi connectivity index (χ4v) is 5.46. The second-order valence-corrected chi connectivity index (χ2v) is 12.0. The van der Waals surface area contributed by atoms with Crippen LogP contribution in [0.1, 0.15) is 79.8 Å². The Hall–Kier alpha value is -4.33. The number of amides is 1. The van der Waals surface area contributed by atoms with Gasteiger partial charge in [-0.25, -0.2) is 18.6 Å². The van der Waals surface area contributed by atoms with Gasteiger partial charge in [-0.3, -0.25) is 4.79 Å². The summed E-state index contributed by atoms with van der Waals surface area (Å²) in [7, 11) is 0. The molecule has 8 heteroatoms. The largest absolute Gasteiger partial charge is 0.479 e. The number of hydrogen-bond acceptors (Lipinski definition) is 4. The normalized spacial score (nSPS) is 14.6. The highest BCUT2D eigenvalue weighted by Gasteiger charge is 2.26. The summed E-state index contributed by atoms with van der Waals surface area (Å²) in [6.45, 7) is 6.47. The standard InChI is InChI=1S/C34H34F2N2O4/c1-34(2,3)23-10-13-24(14-11-23)42-25-12-8-21-18-30(37-29(26(21)19-25)16-20-6-4-5-7-20)32(39)38-31(33(40)41)22-9-15-27(35)28(36)17-22/h8-15,17-20,31H,4-7,16H2,1-3H3,(H,38,39)(H,40,41). The third kappa shape index (κ3) is 6.59. The molecular weight excluding hydrogens is 538 g/mol. The molecule has 42 heavy (non-hydrogen) atoms. The molecule has 6 nitrogen and oxygen atoms in total. The van der Waals surface area contributed by atoms with Crippen LogP contribution in [-0.4, -0.2) is 22.0 Å². The average Bonchev–Trinajstić information content (AvgIpc) is 3.46. The summed E-state index contributed by atoms with van der Waals surface area (Å²) in [5.74, 6) is -2.64. The Morgan fingerprint density at radius 2 is 1.64 bits per heavy atom. The van der Waals surface area contributed by atoms with E-state index in [1.165, 1.54) is 5.56 Å². The fourth-order valence-electron chi connectivity index (χ4n) is 5.46. The molecule has 1 atom stereocenters. The zero-order valence-corrected chi connectivity index (χ0v) is 23.9. The molecule has 1 aromatic heterocycles. The van der Waals surface area contributed by atoms with Crippen molar-refractivity contribution in [2.24, 2.45) is 5.92 Å². The van der Waals surface area contributed by atoms with E-state index in [1.807, 2.05) is 30.3 Å². The molecule has 0 spiro atoms. The monoisotopic (exact) mass is 572 g/mol. The Morgan fingerprint density at radius 3 is 2.29 bits per heavy atom. The Kier molecular flexibility index (Phi) is 8.25. The molecule has 0 saturated heterocycles. The minimum Gasteiger partial charge on any atom is -0.479 e. The number of carboxylic acids is 1. The van der Waals surface area contributed by atoms with Crippen molar-refractivity contribution in [1.82, 2.24) is 10.3 Å². The van der Waals surface area contributed by atoms with Crippen LogP contribution in [-0.2, 0) is 16.6 Å². The van der Waals surface area contributed by atoms with Crippen LogP contribution in [0.4, 0.5) is 8.78 Å². The first kappa shape index (κ1) is 29.2. The summed E-state index contributed by atoms with van der Waals surface area (Å²) in [6, 6.07) is 16.4. The minimum atomic E-state index is -1.58. The SMILES string of the molecule is CC(C)(C)c1ccc(Oc2ccc3cc(C(=O)NC(C(=O)O)c4ccc(F)c(F)c4)nc(CC4CCCC4)c3c2)cc1. The first-order chi connectivity index (χ1) is 20.0. The lowest BCUT2D eigenvalue weighted by molar-refractivity contribution is -0.139. The van der Waals surface area contributed by atoms with E-state index in [4.69, 9.17) is 9.72 Å². The number of ether oxygens (including phenoxy) is 1. The number of carboxylic acid groups (broad SMARTS) is 1. The molecule has 1 amide bonds. The van der Waals surface area contributed by atoms with Gasteiger partial charge in [0.05, 0.1) is 0 Å². The van der Waals surface area contributed by atoms with Crippen LogP contribution in [0, 0.1) is 17.6 Å². The van der Waals surface area contributed by atoms with Gasteiger partial charge in [0.25, 0.3) is 5.91 Å². The van der Waals surface area contributed by atoms with Crippen molar-refractivity contribution in [3.8, 4) is 11.5 Å². The van der Waals surface area contributed by atoms with Gasteiger partial charge in [0.15, 0.2) is 17.7 Å². The number of carbonyl (C=O) groups is 2. The van der Waals surface area contributed by atoms with Crippen molar-refractivity contribution in [2.45, 2.75) is 64.3 Å². The predicted octanol–water partition coefficient (Wildman–Crippen LogP) is 7.89. The molecule has 1 heterocycles. The average molecular weight is 573 g/mol. The number of nitrogens with zero attached hydrogens (tertiary/aromatic N) is 1. The van der Waals surface area contributed by atoms with Crippen molar-refractivity contribution in [3.05, 3.63) is 101 Å². The highest BCUT2D eigenvalue weighted by molar-refractivity contribution is 5.99. The van der Waals surface area contributed by atoms with Gasteiger partial charge < -0.3 is 15.2 Å². The topological polar surface area (TPSA) is 88.5 Å². The highest BCUT2D eigenvalue weighted by atomic mass is 19.2. The van der Waals surface area contributed by atoms with Crippen LogP contribution < -0.4 is 10.1 Å². The molecule has 218 valence electrons. The molecule has 4 aromatic rings. The summed E-state index contributed by atoms with van der Waals surface area (Å²) in [4.78, 5) is 30.0. The number of pyridine rings is 1. The number of benzene rings is 3. The van der Waals surface area contributed by atoms with Gasteiger partial charge in [0.2, 0.25) is 0 Å². The molecule has 1 saturated carbocycles. The molecule has 2 N–H and O–H groups in total. The molecule has 1 aliphatic carbocycles. The van der Waals surface area contributed by atoms with Gasteiger partial charge in [0, 0.05) is 11.1 Å². The first-order valence-electron chi connectivity index (χ1n) is 14.2. The number of rotatable bonds is 8. The molecule has 3 aromatic carbocycles. The number of aromatic nitrogens is 1. The van der Waals surface area contributed by atoms with E-state index in [0.29, 0.717) is 23.8 Å². The quantitative estimate of drug-likeness (QED) is 0.224. The van der Waals surface area contributed by atoms with Crippen LogP contribution in [0.2, 0.25) is 0 Å². The summed E-state index contributed by atoms with van der Waals surface area (Å²) >= 11 is 0. The molecule has 1 aliphatic rings. The lowest BCUT2D eigenvalue weighted by Gasteiger charge is -2.19. The van der Waals surface area contributed by atoms with Gasteiger partial charge in [-0.1, -0.05) is 70.7 Å². The van der Waals surface area contributed by atoms with Gasteiger partial charge in [-0.05, 0) is 76.7 Å². The molecular formula is C34H34F2N2O4. The molecule has 0 radical (unpaired) electrons. The van der Waals surface area contributed by atoms with Gasteiger partial charge in [0.1, 0.15) is 17.2 Å². The predicted molar refractivity (Wildman–Crippen MR) is 157 cm³/mol. The Bertz CT molecular complexity index is 1620. The molecule has 0 aliphatic heterocycles. The number of fused-ring (bicyclic) bond motifs is 1. The highest BCUT2D eigenvalue weighted by Crippen LogP contribution is 2.33. The van der Waals surface area contributed by atoms with E-state index in [1.54, 1.807) is 6.07 Å². The number of aliphatic carboxylic acids is 1. The van der Waals surface area contributed by atoms with E-state index < -0.39 is 29.6 Å². The fraction of sp³-hybridized carbons (Fsp3) is 0.324. The molecule has 0 bridgehead atoms. The van der Waals surface area contributed by atoms with E-state index in [9.17, 15) is 23.5 Å². The number of carbonyl (C=O) groups excluding carboxylic acids is 1. The second kappa shape index (κ2) is 11.9. The maximum atomic E-state index is 13.8. The first-order valence-corrected chi connectivity index (χ1v) is 14.2. The summed E-state index contributed by atoms with van der Waals surface area (Å²) in [5.41, 5.74) is 1.94.